The van der Waals surface area contributed by atoms with E-state index in [2.05, 4.69) is 10.3 Å². The van der Waals surface area contributed by atoms with E-state index in [0.29, 0.717) is 10.6 Å². The van der Waals surface area contributed by atoms with E-state index >= 15 is 0 Å². The third-order valence-corrected chi connectivity index (χ3v) is 4.20. The summed E-state index contributed by atoms with van der Waals surface area (Å²) in [5, 5.41) is 3.68. The summed E-state index contributed by atoms with van der Waals surface area (Å²) in [5.74, 6) is -3.83. The molecule has 1 unspecified atom stereocenters. The highest BCUT2D eigenvalue weighted by Crippen LogP contribution is 2.29. The van der Waals surface area contributed by atoms with Crippen LogP contribution in [0.3, 0.4) is 0 Å². The Bertz CT molecular complexity index is 602. The quantitative estimate of drug-likeness (QED) is 0.870. The normalized spacial score (nSPS) is 12.7. The maximum Gasteiger partial charge on any atom is 0.194 e. The number of nitrogens with zero attached hydrogens (tertiary/aromatic N) is 1. The van der Waals surface area contributed by atoms with Crippen LogP contribution in [0, 0.1) is 24.4 Å². The lowest BCUT2D eigenvalue weighted by Crippen LogP contribution is -2.18. The maximum atomic E-state index is 13.3. The molecule has 0 amide bonds. The van der Waals surface area contributed by atoms with Gasteiger partial charge < -0.3 is 5.32 Å². The largest absolute Gasteiger partial charge is 0.307 e. The Morgan fingerprint density at radius 1 is 1.25 bits per heavy atom. The van der Waals surface area contributed by atoms with Gasteiger partial charge in [-0.25, -0.2) is 18.2 Å². The molecule has 20 heavy (non-hydrogen) atoms. The van der Waals surface area contributed by atoms with Gasteiger partial charge >= 0.3 is 0 Å². The van der Waals surface area contributed by atoms with Gasteiger partial charge in [0.1, 0.15) is 5.01 Å². The molecule has 2 aromatic rings. The van der Waals surface area contributed by atoms with E-state index in [0.717, 1.165) is 29.1 Å². The van der Waals surface area contributed by atoms with E-state index in [1.165, 1.54) is 11.3 Å². The first-order chi connectivity index (χ1) is 9.47. The zero-order chi connectivity index (χ0) is 14.9. The first-order valence-electron chi connectivity index (χ1n) is 6.25. The van der Waals surface area contributed by atoms with Crippen LogP contribution in [0.1, 0.15) is 34.1 Å². The lowest BCUT2D eigenvalue weighted by atomic mass is 10.1. The highest BCUT2D eigenvalue weighted by Gasteiger charge is 2.21. The fourth-order valence-corrected chi connectivity index (χ4v) is 3.23. The summed E-state index contributed by atoms with van der Waals surface area (Å²) in [4.78, 5) is 5.55. The van der Waals surface area contributed by atoms with Gasteiger partial charge in [-0.15, -0.1) is 11.3 Å². The zero-order valence-corrected chi connectivity index (χ0v) is 12.2. The van der Waals surface area contributed by atoms with Crippen molar-refractivity contribution in [1.29, 1.82) is 0 Å². The molecule has 0 saturated carbocycles. The van der Waals surface area contributed by atoms with Crippen molar-refractivity contribution in [2.24, 2.45) is 0 Å². The number of thiazole rings is 1. The molecule has 1 aromatic heterocycles. The number of rotatable bonds is 4. The van der Waals surface area contributed by atoms with Crippen molar-refractivity contribution in [3.05, 3.63) is 50.7 Å². The van der Waals surface area contributed by atoms with Crippen LogP contribution in [0.4, 0.5) is 13.2 Å². The summed E-state index contributed by atoms with van der Waals surface area (Å²) in [7, 11) is 1.67. The van der Waals surface area contributed by atoms with Crippen molar-refractivity contribution in [2.45, 2.75) is 26.3 Å². The van der Waals surface area contributed by atoms with Crippen LogP contribution < -0.4 is 5.32 Å². The number of benzene rings is 1. The number of hydrogen-bond acceptors (Lipinski definition) is 3. The SMILES string of the molecule is CCc1nc(C(NC)c2cc(F)c(F)c(F)c2)sc1C. The molecule has 2 nitrogen and oxygen atoms in total. The second kappa shape index (κ2) is 5.93. The average Bonchev–Trinajstić information content (AvgIpc) is 2.77. The van der Waals surface area contributed by atoms with Gasteiger partial charge in [-0.05, 0) is 38.1 Å². The molecule has 0 spiro atoms. The van der Waals surface area contributed by atoms with Crippen molar-refractivity contribution in [3.8, 4) is 0 Å². The van der Waals surface area contributed by atoms with Crippen LogP contribution in [-0.2, 0) is 6.42 Å². The molecule has 0 saturated heterocycles. The van der Waals surface area contributed by atoms with Crippen molar-refractivity contribution >= 4 is 11.3 Å². The lowest BCUT2D eigenvalue weighted by Gasteiger charge is -2.14. The second-order valence-corrected chi connectivity index (χ2v) is 5.66. The zero-order valence-electron chi connectivity index (χ0n) is 11.4. The second-order valence-electron chi connectivity index (χ2n) is 4.43. The summed E-state index contributed by atoms with van der Waals surface area (Å²) in [6.45, 7) is 3.95. The van der Waals surface area contributed by atoms with Crippen LogP contribution in [0.25, 0.3) is 0 Å². The molecule has 0 aliphatic carbocycles. The molecule has 1 atom stereocenters. The van der Waals surface area contributed by atoms with Crippen molar-refractivity contribution in [1.82, 2.24) is 10.3 Å². The highest BCUT2D eigenvalue weighted by atomic mass is 32.1. The van der Waals surface area contributed by atoms with E-state index in [9.17, 15) is 13.2 Å². The number of hydrogen-bond donors (Lipinski definition) is 1. The summed E-state index contributed by atoms with van der Waals surface area (Å²) in [6, 6.07) is 1.55. The molecular weight excluding hydrogens is 285 g/mol. The van der Waals surface area contributed by atoms with E-state index in [1.54, 1.807) is 7.05 Å². The van der Waals surface area contributed by atoms with E-state index in [4.69, 9.17) is 0 Å². The standard InChI is InChI=1S/C14H15F3N2S/c1-4-11-7(2)20-14(19-11)13(18-3)8-5-9(15)12(17)10(16)6-8/h5-6,13,18H,4H2,1-3H3. The van der Waals surface area contributed by atoms with Gasteiger partial charge in [0.15, 0.2) is 17.5 Å². The fraction of sp³-hybridized carbons (Fsp3) is 0.357. The summed E-state index contributed by atoms with van der Waals surface area (Å²) in [5.41, 5.74) is 1.29. The van der Waals surface area contributed by atoms with Crippen LogP contribution in [0.5, 0.6) is 0 Å². The maximum absolute atomic E-state index is 13.3. The molecule has 6 heteroatoms. The van der Waals surface area contributed by atoms with Gasteiger partial charge in [0.25, 0.3) is 0 Å². The highest BCUT2D eigenvalue weighted by molar-refractivity contribution is 7.11. The van der Waals surface area contributed by atoms with Gasteiger partial charge in [0.05, 0.1) is 11.7 Å². The van der Waals surface area contributed by atoms with Crippen LogP contribution >= 0.6 is 11.3 Å². The molecule has 2 rings (SSSR count). The van der Waals surface area contributed by atoms with E-state index in [-0.39, 0.29) is 0 Å². The summed E-state index contributed by atoms with van der Waals surface area (Å²) in [6.07, 6.45) is 0.797. The van der Waals surface area contributed by atoms with Gasteiger partial charge in [0, 0.05) is 4.88 Å². The molecule has 0 bridgehead atoms. The van der Waals surface area contributed by atoms with Gasteiger partial charge in [0.2, 0.25) is 0 Å². The molecule has 1 heterocycles. The molecule has 1 aromatic carbocycles. The molecule has 0 radical (unpaired) electrons. The summed E-state index contributed by atoms with van der Waals surface area (Å²) >= 11 is 1.47. The number of aromatic nitrogens is 1. The molecule has 108 valence electrons. The van der Waals surface area contributed by atoms with Crippen LogP contribution in [0.2, 0.25) is 0 Å². The monoisotopic (exact) mass is 300 g/mol. The number of halogens is 3. The van der Waals surface area contributed by atoms with E-state index < -0.39 is 23.5 Å². The number of nitrogens with one attached hydrogen (secondary N) is 1. The minimum atomic E-state index is -1.45. The predicted molar refractivity (Wildman–Crippen MR) is 73.4 cm³/mol. The first kappa shape index (κ1) is 15.0. The Morgan fingerprint density at radius 3 is 2.30 bits per heavy atom. The Hall–Kier alpha value is -1.40. The van der Waals surface area contributed by atoms with Gasteiger partial charge in [-0.3, -0.25) is 0 Å². The Labute approximate surface area is 119 Å². The smallest absolute Gasteiger partial charge is 0.194 e. The predicted octanol–water partition coefficient (Wildman–Crippen LogP) is 3.74. The Balaban J connectivity index is 2.46. The molecular formula is C14H15F3N2S. The van der Waals surface area contributed by atoms with E-state index in [1.807, 2.05) is 13.8 Å². The average molecular weight is 300 g/mol. The first-order valence-corrected chi connectivity index (χ1v) is 7.07. The van der Waals surface area contributed by atoms with Crippen molar-refractivity contribution in [2.75, 3.05) is 7.05 Å². The van der Waals surface area contributed by atoms with Crippen molar-refractivity contribution in [3.63, 3.8) is 0 Å². The van der Waals surface area contributed by atoms with Gasteiger partial charge in [-0.2, -0.15) is 0 Å². The Morgan fingerprint density at radius 2 is 1.85 bits per heavy atom. The fourth-order valence-electron chi connectivity index (χ4n) is 2.08. The summed E-state index contributed by atoms with van der Waals surface area (Å²) < 4.78 is 39.7. The minimum Gasteiger partial charge on any atom is -0.307 e. The van der Waals surface area contributed by atoms with Gasteiger partial charge in [-0.1, -0.05) is 6.92 Å². The lowest BCUT2D eigenvalue weighted by molar-refractivity contribution is 0.443. The topological polar surface area (TPSA) is 24.9 Å². The van der Waals surface area contributed by atoms with Crippen molar-refractivity contribution < 1.29 is 13.2 Å². The molecule has 0 aliphatic rings. The third kappa shape index (κ3) is 2.71. The van der Waals surface area contributed by atoms with Crippen LogP contribution in [-0.4, -0.2) is 12.0 Å². The molecule has 0 aliphatic heterocycles. The molecule has 0 fully saturated rings. The minimum absolute atomic E-state index is 0.320. The number of aryl methyl sites for hydroxylation is 2. The third-order valence-electron chi connectivity index (χ3n) is 3.12. The van der Waals surface area contributed by atoms with Crippen LogP contribution in [0.15, 0.2) is 12.1 Å². The molecule has 1 N–H and O–H groups in total. The Kier molecular flexibility index (Phi) is 4.45.